The summed E-state index contributed by atoms with van der Waals surface area (Å²) in [4.78, 5) is 5.08. The number of hydrogen-bond donors (Lipinski definition) is 2. The second kappa shape index (κ2) is 6.04. The fourth-order valence-corrected chi connectivity index (χ4v) is 2.50. The van der Waals surface area contributed by atoms with Gasteiger partial charge < -0.3 is 10.9 Å². The normalized spacial score (nSPS) is 12.4. The van der Waals surface area contributed by atoms with Gasteiger partial charge >= 0.3 is 6.18 Å². The minimum atomic E-state index is -4.50. The first-order valence-corrected chi connectivity index (χ1v) is 6.50. The van der Waals surface area contributed by atoms with E-state index in [1.54, 1.807) is 24.5 Å². The number of aromatic nitrogens is 1. The third-order valence-corrected chi connectivity index (χ3v) is 3.65. The van der Waals surface area contributed by atoms with Gasteiger partial charge in [0.1, 0.15) is 0 Å². The van der Waals surface area contributed by atoms with Crippen LogP contribution in [0.4, 0.5) is 13.2 Å². The van der Waals surface area contributed by atoms with Crippen LogP contribution in [-0.4, -0.2) is 16.0 Å². The highest BCUT2D eigenvalue weighted by molar-refractivity contribution is 7.99. The predicted octanol–water partition coefficient (Wildman–Crippen LogP) is 3.35. The van der Waals surface area contributed by atoms with Gasteiger partial charge in [-0.15, -0.1) is 0 Å². The van der Waals surface area contributed by atoms with Crippen molar-refractivity contribution in [2.45, 2.75) is 16.0 Å². The molecule has 0 saturated carbocycles. The minimum absolute atomic E-state index is 0.0223. The molecule has 0 radical (unpaired) electrons. The number of oxime groups is 1. The Balaban J connectivity index is 2.46. The summed E-state index contributed by atoms with van der Waals surface area (Å²) in [5.41, 5.74) is 4.63. The molecular formula is C13H10F3N3OS. The Morgan fingerprint density at radius 1 is 1.19 bits per heavy atom. The Kier molecular flexibility index (Phi) is 4.37. The van der Waals surface area contributed by atoms with Gasteiger partial charge in [-0.3, -0.25) is 4.98 Å². The molecule has 0 aliphatic heterocycles. The van der Waals surface area contributed by atoms with Gasteiger partial charge in [0.25, 0.3) is 0 Å². The van der Waals surface area contributed by atoms with Gasteiger partial charge in [-0.05, 0) is 30.3 Å². The molecule has 2 aromatic rings. The van der Waals surface area contributed by atoms with Crippen molar-refractivity contribution in [3.05, 3.63) is 53.9 Å². The minimum Gasteiger partial charge on any atom is -0.409 e. The maximum absolute atomic E-state index is 12.7. The summed E-state index contributed by atoms with van der Waals surface area (Å²) in [6.45, 7) is 0. The molecule has 8 heteroatoms. The summed E-state index contributed by atoms with van der Waals surface area (Å²) in [5, 5.41) is 11.5. The van der Waals surface area contributed by atoms with Crippen molar-refractivity contribution < 1.29 is 18.4 Å². The first-order valence-electron chi connectivity index (χ1n) is 5.69. The Labute approximate surface area is 122 Å². The molecule has 0 unspecified atom stereocenters. The lowest BCUT2D eigenvalue weighted by Crippen LogP contribution is -2.16. The summed E-state index contributed by atoms with van der Waals surface area (Å²) in [5.74, 6) is -0.377. The Morgan fingerprint density at radius 2 is 1.86 bits per heavy atom. The van der Waals surface area contributed by atoms with E-state index in [2.05, 4.69) is 10.1 Å². The van der Waals surface area contributed by atoms with E-state index < -0.39 is 11.7 Å². The van der Waals surface area contributed by atoms with E-state index in [9.17, 15) is 13.2 Å². The standard InChI is InChI=1S/C13H10F3N3OS/c14-13(15,16)8-1-2-11(10(7-8)12(17)19-20)21-9-3-5-18-6-4-9/h1-7,20H,(H2,17,19). The molecule has 2 rings (SSSR count). The number of hydrogen-bond acceptors (Lipinski definition) is 4. The molecule has 0 aliphatic rings. The fraction of sp³-hybridized carbons (Fsp3) is 0.0769. The second-order valence-electron chi connectivity index (χ2n) is 3.98. The van der Waals surface area contributed by atoms with Crippen LogP contribution < -0.4 is 5.73 Å². The van der Waals surface area contributed by atoms with E-state index in [4.69, 9.17) is 10.9 Å². The summed E-state index contributed by atoms with van der Waals surface area (Å²) in [7, 11) is 0. The van der Waals surface area contributed by atoms with Crippen LogP contribution >= 0.6 is 11.8 Å². The molecular weight excluding hydrogens is 303 g/mol. The zero-order chi connectivity index (χ0) is 15.5. The van der Waals surface area contributed by atoms with Gasteiger partial charge in [-0.25, -0.2) is 0 Å². The van der Waals surface area contributed by atoms with Crippen molar-refractivity contribution in [2.24, 2.45) is 10.9 Å². The van der Waals surface area contributed by atoms with Crippen molar-refractivity contribution in [2.75, 3.05) is 0 Å². The summed E-state index contributed by atoms with van der Waals surface area (Å²) >= 11 is 1.20. The molecule has 110 valence electrons. The number of alkyl halides is 3. The lowest BCUT2D eigenvalue weighted by Gasteiger charge is -2.12. The average Bonchev–Trinajstić information content (AvgIpc) is 2.47. The van der Waals surface area contributed by atoms with Gasteiger partial charge in [-0.2, -0.15) is 13.2 Å². The van der Waals surface area contributed by atoms with Crippen LogP contribution in [0.3, 0.4) is 0 Å². The quantitative estimate of drug-likeness (QED) is 0.394. The average molecular weight is 313 g/mol. The van der Waals surface area contributed by atoms with E-state index in [0.29, 0.717) is 4.90 Å². The maximum atomic E-state index is 12.7. The number of halogens is 3. The summed E-state index contributed by atoms with van der Waals surface area (Å²) < 4.78 is 38.2. The number of nitrogens with two attached hydrogens (primary N) is 1. The molecule has 0 bridgehead atoms. The molecule has 1 aromatic carbocycles. The van der Waals surface area contributed by atoms with Gasteiger partial charge in [0.05, 0.1) is 5.56 Å². The highest BCUT2D eigenvalue weighted by Crippen LogP contribution is 2.35. The molecule has 1 aromatic heterocycles. The lowest BCUT2D eigenvalue weighted by molar-refractivity contribution is -0.137. The van der Waals surface area contributed by atoms with Gasteiger partial charge in [0.2, 0.25) is 0 Å². The molecule has 0 aliphatic carbocycles. The Bertz CT molecular complexity index is 659. The van der Waals surface area contributed by atoms with E-state index in [1.165, 1.54) is 17.8 Å². The van der Waals surface area contributed by atoms with Crippen LogP contribution in [0.1, 0.15) is 11.1 Å². The highest BCUT2D eigenvalue weighted by Gasteiger charge is 2.31. The van der Waals surface area contributed by atoms with Crippen molar-refractivity contribution >= 4 is 17.6 Å². The molecule has 0 fully saturated rings. The van der Waals surface area contributed by atoms with E-state index in [0.717, 1.165) is 17.0 Å². The Morgan fingerprint density at radius 3 is 2.43 bits per heavy atom. The van der Waals surface area contributed by atoms with Gasteiger partial charge in [-0.1, -0.05) is 16.9 Å². The molecule has 0 amide bonds. The van der Waals surface area contributed by atoms with Crippen LogP contribution in [0.25, 0.3) is 0 Å². The number of pyridine rings is 1. The van der Waals surface area contributed by atoms with Crippen LogP contribution in [0.15, 0.2) is 57.7 Å². The zero-order valence-corrected chi connectivity index (χ0v) is 11.3. The Hall–Kier alpha value is -2.22. The van der Waals surface area contributed by atoms with E-state index in [-0.39, 0.29) is 11.4 Å². The topological polar surface area (TPSA) is 71.5 Å². The third kappa shape index (κ3) is 3.66. The summed E-state index contributed by atoms with van der Waals surface area (Å²) in [6.07, 6.45) is -1.37. The lowest BCUT2D eigenvalue weighted by atomic mass is 10.1. The fourth-order valence-electron chi connectivity index (χ4n) is 1.58. The van der Waals surface area contributed by atoms with Crippen LogP contribution in [0.2, 0.25) is 0 Å². The molecule has 21 heavy (non-hydrogen) atoms. The van der Waals surface area contributed by atoms with Crippen molar-refractivity contribution in [1.29, 1.82) is 0 Å². The number of rotatable bonds is 3. The van der Waals surface area contributed by atoms with Crippen LogP contribution in [0, 0.1) is 0 Å². The van der Waals surface area contributed by atoms with Gasteiger partial charge in [0.15, 0.2) is 5.84 Å². The number of amidine groups is 1. The van der Waals surface area contributed by atoms with Crippen LogP contribution in [0.5, 0.6) is 0 Å². The van der Waals surface area contributed by atoms with Crippen molar-refractivity contribution in [1.82, 2.24) is 4.98 Å². The monoisotopic (exact) mass is 313 g/mol. The molecule has 0 saturated heterocycles. The third-order valence-electron chi connectivity index (χ3n) is 2.57. The van der Waals surface area contributed by atoms with Crippen molar-refractivity contribution in [3.8, 4) is 0 Å². The van der Waals surface area contributed by atoms with E-state index in [1.807, 2.05) is 0 Å². The zero-order valence-electron chi connectivity index (χ0n) is 10.5. The van der Waals surface area contributed by atoms with E-state index >= 15 is 0 Å². The molecule has 4 nitrogen and oxygen atoms in total. The van der Waals surface area contributed by atoms with Gasteiger partial charge in [0, 0.05) is 27.7 Å². The van der Waals surface area contributed by atoms with Crippen molar-refractivity contribution in [3.63, 3.8) is 0 Å². The summed E-state index contributed by atoms with van der Waals surface area (Å²) in [6, 6.07) is 6.52. The maximum Gasteiger partial charge on any atom is 0.416 e. The largest absolute Gasteiger partial charge is 0.416 e. The first-order chi connectivity index (χ1) is 9.91. The second-order valence-corrected chi connectivity index (χ2v) is 5.09. The predicted molar refractivity (Wildman–Crippen MR) is 72.3 cm³/mol. The smallest absolute Gasteiger partial charge is 0.409 e. The molecule has 0 spiro atoms. The number of benzene rings is 1. The van der Waals surface area contributed by atoms with Crippen LogP contribution in [-0.2, 0) is 6.18 Å². The molecule has 1 heterocycles. The molecule has 0 atom stereocenters. The first kappa shape index (κ1) is 15.2. The highest BCUT2D eigenvalue weighted by atomic mass is 32.2. The number of nitrogens with zero attached hydrogens (tertiary/aromatic N) is 2. The SMILES string of the molecule is N/C(=N/O)c1cc(C(F)(F)F)ccc1Sc1ccncc1. The molecule has 3 N–H and O–H groups in total.